The normalized spacial score (nSPS) is 22.8. The summed E-state index contributed by atoms with van der Waals surface area (Å²) in [4.78, 5) is 22.8. The number of carbonyl (C=O) groups excluding carboxylic acids is 2. The highest BCUT2D eigenvalue weighted by atomic mass is 35.5. The van der Waals surface area contributed by atoms with Crippen LogP contribution in [0.3, 0.4) is 0 Å². The molecule has 20 heavy (non-hydrogen) atoms. The Morgan fingerprint density at radius 1 is 1.35 bits per heavy atom. The number of hydrogen-bond donors (Lipinski definition) is 0. The van der Waals surface area contributed by atoms with E-state index in [1.807, 2.05) is 13.8 Å². The number of rotatable bonds is 4. The maximum atomic E-state index is 12.2. The molecule has 1 aromatic carbocycles. The molecule has 1 aliphatic rings. The topological polar surface area (TPSA) is 43.4 Å². The molecule has 2 unspecified atom stereocenters. The zero-order valence-corrected chi connectivity index (χ0v) is 12.6. The van der Waals surface area contributed by atoms with E-state index in [4.69, 9.17) is 27.9 Å². The van der Waals surface area contributed by atoms with E-state index in [0.29, 0.717) is 17.6 Å². The average molecular weight is 313 g/mol. The molecule has 1 aromatic rings. The standard InChI is InChI=1S/C15H14Cl2O3/c1-15(2)11(7-12(16)17)13(15)14(19)20-10-5-3-4-9(6-10)8-18/h3-8,11,13H,1-2H3. The fourth-order valence-electron chi connectivity index (χ4n) is 2.41. The van der Waals surface area contributed by atoms with Gasteiger partial charge in [-0.3, -0.25) is 9.59 Å². The minimum Gasteiger partial charge on any atom is -0.426 e. The minimum absolute atomic E-state index is 0.0331. The zero-order chi connectivity index (χ0) is 14.9. The molecule has 0 N–H and O–H groups in total. The third-order valence-corrected chi connectivity index (χ3v) is 3.93. The molecule has 0 radical (unpaired) electrons. The Labute approximate surface area is 127 Å². The third-order valence-electron chi connectivity index (χ3n) is 3.68. The molecule has 2 atom stereocenters. The molecule has 1 saturated carbocycles. The number of hydrogen-bond acceptors (Lipinski definition) is 3. The van der Waals surface area contributed by atoms with Crippen molar-refractivity contribution in [2.75, 3.05) is 0 Å². The van der Waals surface area contributed by atoms with Crippen LogP contribution in [0.4, 0.5) is 0 Å². The molecule has 0 heterocycles. The van der Waals surface area contributed by atoms with Gasteiger partial charge in [-0.2, -0.15) is 0 Å². The lowest BCUT2D eigenvalue weighted by Gasteiger charge is -2.05. The highest BCUT2D eigenvalue weighted by Crippen LogP contribution is 2.60. The Kier molecular flexibility index (Phi) is 4.21. The molecule has 1 fully saturated rings. The van der Waals surface area contributed by atoms with Gasteiger partial charge in [-0.15, -0.1) is 0 Å². The van der Waals surface area contributed by atoms with Crippen LogP contribution >= 0.6 is 23.2 Å². The van der Waals surface area contributed by atoms with Gasteiger partial charge in [0.15, 0.2) is 0 Å². The van der Waals surface area contributed by atoms with Gasteiger partial charge in [-0.05, 0) is 29.5 Å². The van der Waals surface area contributed by atoms with Gasteiger partial charge in [0, 0.05) is 5.56 Å². The van der Waals surface area contributed by atoms with Crippen molar-refractivity contribution in [3.05, 3.63) is 40.4 Å². The Balaban J connectivity index is 2.09. The molecule has 0 spiro atoms. The van der Waals surface area contributed by atoms with E-state index in [0.717, 1.165) is 0 Å². The first-order valence-electron chi connectivity index (χ1n) is 6.16. The van der Waals surface area contributed by atoms with E-state index in [1.165, 1.54) is 6.07 Å². The van der Waals surface area contributed by atoms with Crippen LogP contribution in [0.15, 0.2) is 34.8 Å². The molecule has 106 valence electrons. The quantitative estimate of drug-likeness (QED) is 0.479. The molecule has 5 heteroatoms. The summed E-state index contributed by atoms with van der Waals surface area (Å²) in [5.74, 6) is -0.292. The van der Waals surface area contributed by atoms with Crippen LogP contribution in [0.25, 0.3) is 0 Å². The number of benzene rings is 1. The van der Waals surface area contributed by atoms with E-state index >= 15 is 0 Å². The van der Waals surface area contributed by atoms with E-state index in [2.05, 4.69) is 0 Å². The fourth-order valence-corrected chi connectivity index (χ4v) is 2.68. The Bertz CT molecular complexity index is 574. The van der Waals surface area contributed by atoms with Crippen LogP contribution < -0.4 is 4.74 Å². The van der Waals surface area contributed by atoms with Crippen LogP contribution in [0.2, 0.25) is 0 Å². The van der Waals surface area contributed by atoms with E-state index in [9.17, 15) is 9.59 Å². The lowest BCUT2D eigenvalue weighted by atomic mass is 10.1. The molecule has 0 amide bonds. The molecule has 2 rings (SSSR count). The summed E-state index contributed by atoms with van der Waals surface area (Å²) >= 11 is 11.3. The van der Waals surface area contributed by atoms with Gasteiger partial charge in [0.2, 0.25) is 0 Å². The first-order chi connectivity index (χ1) is 9.36. The summed E-state index contributed by atoms with van der Waals surface area (Å²) < 4.78 is 5.47. The van der Waals surface area contributed by atoms with E-state index in [1.54, 1.807) is 24.3 Å². The molecule has 3 nitrogen and oxygen atoms in total. The number of ether oxygens (including phenoxy) is 1. The number of allylic oxidation sites excluding steroid dienone is 1. The molecule has 0 aliphatic heterocycles. The van der Waals surface area contributed by atoms with Crippen molar-refractivity contribution in [2.45, 2.75) is 13.8 Å². The number of esters is 1. The first-order valence-corrected chi connectivity index (χ1v) is 6.91. The van der Waals surface area contributed by atoms with Gasteiger partial charge in [-0.1, -0.05) is 49.2 Å². The van der Waals surface area contributed by atoms with Crippen LogP contribution in [-0.2, 0) is 4.79 Å². The van der Waals surface area contributed by atoms with E-state index in [-0.39, 0.29) is 27.7 Å². The second-order valence-corrected chi connectivity index (χ2v) is 6.40. The van der Waals surface area contributed by atoms with E-state index < -0.39 is 0 Å². The van der Waals surface area contributed by atoms with Crippen molar-refractivity contribution in [3.8, 4) is 5.75 Å². The summed E-state index contributed by atoms with van der Waals surface area (Å²) in [5.41, 5.74) is 0.236. The Morgan fingerprint density at radius 3 is 2.65 bits per heavy atom. The third kappa shape index (κ3) is 3.05. The SMILES string of the molecule is CC1(C)C(C=C(Cl)Cl)C1C(=O)Oc1cccc(C=O)c1. The van der Waals surface area contributed by atoms with Crippen molar-refractivity contribution in [1.82, 2.24) is 0 Å². The molecule has 0 bridgehead atoms. The molecule has 0 saturated heterocycles. The summed E-state index contributed by atoms with van der Waals surface area (Å²) in [7, 11) is 0. The number of carbonyl (C=O) groups is 2. The fraction of sp³-hybridized carbons (Fsp3) is 0.333. The van der Waals surface area contributed by atoms with Crippen LogP contribution in [-0.4, -0.2) is 12.3 Å². The van der Waals surface area contributed by atoms with Crippen molar-refractivity contribution in [2.24, 2.45) is 17.3 Å². The molecule has 1 aliphatic carbocycles. The molecule has 0 aromatic heterocycles. The second kappa shape index (κ2) is 5.58. The van der Waals surface area contributed by atoms with Crippen LogP contribution in [0.5, 0.6) is 5.75 Å². The summed E-state index contributed by atoms with van der Waals surface area (Å²) in [6.45, 7) is 3.91. The van der Waals surface area contributed by atoms with Crippen molar-refractivity contribution in [1.29, 1.82) is 0 Å². The lowest BCUT2D eigenvalue weighted by molar-refractivity contribution is -0.136. The first kappa shape index (κ1) is 15.1. The summed E-state index contributed by atoms with van der Waals surface area (Å²) in [6.07, 6.45) is 2.37. The van der Waals surface area contributed by atoms with Gasteiger partial charge in [0.1, 0.15) is 16.5 Å². The largest absolute Gasteiger partial charge is 0.426 e. The van der Waals surface area contributed by atoms with Crippen LogP contribution in [0.1, 0.15) is 24.2 Å². The molecular weight excluding hydrogens is 299 g/mol. The molecular formula is C15H14Cl2O3. The van der Waals surface area contributed by atoms with Crippen molar-refractivity contribution in [3.63, 3.8) is 0 Å². The van der Waals surface area contributed by atoms with Gasteiger partial charge >= 0.3 is 5.97 Å². The van der Waals surface area contributed by atoms with Gasteiger partial charge in [0.25, 0.3) is 0 Å². The highest BCUT2D eigenvalue weighted by Gasteiger charge is 2.61. The predicted molar refractivity (Wildman–Crippen MR) is 78.0 cm³/mol. The minimum atomic E-state index is -0.339. The predicted octanol–water partition coefficient (Wildman–Crippen LogP) is 4.00. The Morgan fingerprint density at radius 2 is 2.05 bits per heavy atom. The maximum Gasteiger partial charge on any atom is 0.315 e. The lowest BCUT2D eigenvalue weighted by Crippen LogP contribution is -2.14. The van der Waals surface area contributed by atoms with Crippen molar-refractivity contribution >= 4 is 35.5 Å². The van der Waals surface area contributed by atoms with Crippen LogP contribution in [0, 0.1) is 17.3 Å². The van der Waals surface area contributed by atoms with Gasteiger partial charge in [0.05, 0.1) is 5.92 Å². The number of aldehydes is 1. The maximum absolute atomic E-state index is 12.2. The monoisotopic (exact) mass is 312 g/mol. The van der Waals surface area contributed by atoms with Gasteiger partial charge in [-0.25, -0.2) is 0 Å². The number of halogens is 2. The average Bonchev–Trinajstić information content (AvgIpc) is 2.90. The van der Waals surface area contributed by atoms with Gasteiger partial charge < -0.3 is 4.74 Å². The highest BCUT2D eigenvalue weighted by molar-refractivity contribution is 6.55. The summed E-state index contributed by atoms with van der Waals surface area (Å²) in [6, 6.07) is 6.47. The summed E-state index contributed by atoms with van der Waals surface area (Å²) in [5, 5.41) is 0. The Hall–Kier alpha value is -1.32. The van der Waals surface area contributed by atoms with Crippen molar-refractivity contribution < 1.29 is 14.3 Å². The smallest absolute Gasteiger partial charge is 0.315 e. The second-order valence-electron chi connectivity index (χ2n) is 5.39. The zero-order valence-electron chi connectivity index (χ0n) is 11.1.